The molecule has 0 unspecified atom stereocenters. The van der Waals surface area contributed by atoms with Crippen LogP contribution in [-0.4, -0.2) is 17.7 Å². The molecule has 2 aromatic rings. The van der Waals surface area contributed by atoms with Gasteiger partial charge in [0, 0.05) is 16.7 Å². The van der Waals surface area contributed by atoms with E-state index < -0.39 is 0 Å². The average molecular weight is 335 g/mol. The van der Waals surface area contributed by atoms with Crippen molar-refractivity contribution in [1.29, 1.82) is 0 Å². The van der Waals surface area contributed by atoms with Crippen molar-refractivity contribution in [3.05, 3.63) is 58.6 Å². The highest BCUT2D eigenvalue weighted by molar-refractivity contribution is 9.10. The number of benzene rings is 2. The van der Waals surface area contributed by atoms with E-state index in [9.17, 15) is 4.79 Å². The molecule has 0 saturated carbocycles. The first kappa shape index (κ1) is 14.4. The van der Waals surface area contributed by atoms with E-state index in [1.165, 1.54) is 12.1 Å². The van der Waals surface area contributed by atoms with Crippen molar-refractivity contribution in [3.8, 4) is 5.75 Å². The zero-order valence-electron chi connectivity index (χ0n) is 10.8. The van der Waals surface area contributed by atoms with E-state index in [-0.39, 0.29) is 11.8 Å². The minimum atomic E-state index is -0.259. The van der Waals surface area contributed by atoms with Gasteiger partial charge < -0.3 is 15.7 Å². The number of phenols is 1. The van der Waals surface area contributed by atoms with Crippen molar-refractivity contribution in [2.24, 2.45) is 0 Å². The van der Waals surface area contributed by atoms with Gasteiger partial charge in [0.1, 0.15) is 5.75 Å². The number of rotatable bonds is 4. The van der Waals surface area contributed by atoms with Crippen LogP contribution in [-0.2, 0) is 6.42 Å². The highest BCUT2D eigenvalue weighted by atomic mass is 79.9. The molecule has 2 rings (SSSR count). The highest BCUT2D eigenvalue weighted by Crippen LogP contribution is 2.13. The highest BCUT2D eigenvalue weighted by Gasteiger charge is 2.01. The summed E-state index contributed by atoms with van der Waals surface area (Å²) in [5, 5.41) is 14.6. The topological polar surface area (TPSA) is 61.4 Å². The Hall–Kier alpha value is -2.01. The predicted molar refractivity (Wildman–Crippen MR) is 83.0 cm³/mol. The third-order valence-electron chi connectivity index (χ3n) is 2.71. The van der Waals surface area contributed by atoms with Crippen LogP contribution in [0.5, 0.6) is 5.75 Å². The maximum atomic E-state index is 11.7. The van der Waals surface area contributed by atoms with Gasteiger partial charge >= 0.3 is 6.03 Å². The van der Waals surface area contributed by atoms with Gasteiger partial charge in [0.05, 0.1) is 0 Å². The van der Waals surface area contributed by atoms with Crippen molar-refractivity contribution in [1.82, 2.24) is 5.32 Å². The van der Waals surface area contributed by atoms with Crippen LogP contribution in [0.4, 0.5) is 10.5 Å². The fourth-order valence-corrected chi connectivity index (χ4v) is 2.18. The number of carbonyl (C=O) groups is 1. The van der Waals surface area contributed by atoms with E-state index in [4.69, 9.17) is 5.11 Å². The van der Waals surface area contributed by atoms with E-state index >= 15 is 0 Å². The standard InChI is InChI=1S/C15H15BrN2O2/c16-12-3-1-2-11(10-12)8-9-17-15(20)18-13-4-6-14(19)7-5-13/h1-7,10,19H,8-9H2,(H2,17,18,20). The third kappa shape index (κ3) is 4.59. The second kappa shape index (κ2) is 6.96. The summed E-state index contributed by atoms with van der Waals surface area (Å²) in [7, 11) is 0. The number of anilines is 1. The van der Waals surface area contributed by atoms with Gasteiger partial charge in [-0.2, -0.15) is 0 Å². The van der Waals surface area contributed by atoms with Crippen LogP contribution in [0.15, 0.2) is 53.0 Å². The number of hydrogen-bond acceptors (Lipinski definition) is 2. The molecule has 0 atom stereocenters. The molecule has 2 aromatic carbocycles. The Morgan fingerprint density at radius 1 is 1.15 bits per heavy atom. The van der Waals surface area contributed by atoms with E-state index in [1.807, 2.05) is 24.3 Å². The number of aromatic hydroxyl groups is 1. The quantitative estimate of drug-likeness (QED) is 0.749. The molecule has 0 bridgehead atoms. The number of nitrogens with one attached hydrogen (secondary N) is 2. The van der Waals surface area contributed by atoms with Gasteiger partial charge in [0.15, 0.2) is 0 Å². The van der Waals surface area contributed by atoms with Crippen LogP contribution in [0.1, 0.15) is 5.56 Å². The lowest BCUT2D eigenvalue weighted by atomic mass is 10.1. The van der Waals surface area contributed by atoms with Crippen molar-refractivity contribution in [3.63, 3.8) is 0 Å². The fourth-order valence-electron chi connectivity index (χ4n) is 1.73. The summed E-state index contributed by atoms with van der Waals surface area (Å²) in [5.74, 6) is 0.172. The predicted octanol–water partition coefficient (Wildman–Crippen LogP) is 3.52. The van der Waals surface area contributed by atoms with Crippen molar-refractivity contribution in [2.45, 2.75) is 6.42 Å². The molecule has 0 aliphatic carbocycles. The molecule has 0 aliphatic heterocycles. The van der Waals surface area contributed by atoms with Crippen molar-refractivity contribution < 1.29 is 9.90 Å². The Morgan fingerprint density at radius 3 is 2.60 bits per heavy atom. The van der Waals surface area contributed by atoms with Gasteiger partial charge in [-0.05, 0) is 48.4 Å². The van der Waals surface area contributed by atoms with Gasteiger partial charge in [0.25, 0.3) is 0 Å². The lowest BCUT2D eigenvalue weighted by molar-refractivity contribution is 0.252. The first-order chi connectivity index (χ1) is 9.63. The maximum absolute atomic E-state index is 11.7. The normalized spacial score (nSPS) is 10.1. The van der Waals surface area contributed by atoms with Crippen LogP contribution in [0.3, 0.4) is 0 Å². The lowest BCUT2D eigenvalue weighted by Crippen LogP contribution is -2.30. The Labute approximate surface area is 126 Å². The summed E-state index contributed by atoms with van der Waals surface area (Å²) < 4.78 is 1.03. The fraction of sp³-hybridized carbons (Fsp3) is 0.133. The molecule has 0 radical (unpaired) electrons. The van der Waals surface area contributed by atoms with Crippen LogP contribution < -0.4 is 10.6 Å². The summed E-state index contributed by atoms with van der Waals surface area (Å²) in [6, 6.07) is 14.1. The van der Waals surface area contributed by atoms with Gasteiger partial charge in [0.2, 0.25) is 0 Å². The molecule has 104 valence electrons. The molecule has 20 heavy (non-hydrogen) atoms. The van der Waals surface area contributed by atoms with Gasteiger partial charge in [-0.15, -0.1) is 0 Å². The summed E-state index contributed by atoms with van der Waals surface area (Å²) in [6.07, 6.45) is 0.766. The van der Waals surface area contributed by atoms with E-state index in [2.05, 4.69) is 26.6 Å². The second-order valence-corrected chi connectivity index (χ2v) is 5.22. The number of hydrogen-bond donors (Lipinski definition) is 3. The van der Waals surface area contributed by atoms with Crippen molar-refractivity contribution >= 4 is 27.6 Å². The molecule has 5 heteroatoms. The van der Waals surface area contributed by atoms with Gasteiger partial charge in [-0.1, -0.05) is 28.1 Å². The monoisotopic (exact) mass is 334 g/mol. The van der Waals surface area contributed by atoms with Crippen LogP contribution in [0.2, 0.25) is 0 Å². The first-order valence-electron chi connectivity index (χ1n) is 6.22. The zero-order chi connectivity index (χ0) is 14.4. The third-order valence-corrected chi connectivity index (χ3v) is 3.21. The molecular weight excluding hydrogens is 320 g/mol. The maximum Gasteiger partial charge on any atom is 0.319 e. The lowest BCUT2D eigenvalue weighted by Gasteiger charge is -2.08. The molecular formula is C15H15BrN2O2. The number of urea groups is 1. The molecule has 0 saturated heterocycles. The zero-order valence-corrected chi connectivity index (χ0v) is 12.4. The molecule has 3 N–H and O–H groups in total. The minimum Gasteiger partial charge on any atom is -0.508 e. The number of amides is 2. The van der Waals surface area contributed by atoms with Gasteiger partial charge in [-0.3, -0.25) is 0 Å². The number of halogens is 1. The minimum absolute atomic E-state index is 0.172. The summed E-state index contributed by atoms with van der Waals surface area (Å²) in [5.41, 5.74) is 1.80. The molecule has 0 spiro atoms. The van der Waals surface area contributed by atoms with Crippen LogP contribution >= 0.6 is 15.9 Å². The molecule has 0 aliphatic rings. The van der Waals surface area contributed by atoms with Gasteiger partial charge in [-0.25, -0.2) is 4.79 Å². The molecule has 0 aromatic heterocycles. The largest absolute Gasteiger partial charge is 0.508 e. The van der Waals surface area contributed by atoms with Crippen molar-refractivity contribution in [2.75, 3.05) is 11.9 Å². The SMILES string of the molecule is O=C(NCCc1cccc(Br)c1)Nc1ccc(O)cc1. The molecule has 2 amide bonds. The Morgan fingerprint density at radius 2 is 1.90 bits per heavy atom. The number of carbonyl (C=O) groups excluding carboxylic acids is 1. The van der Waals surface area contributed by atoms with E-state index in [0.717, 1.165) is 16.5 Å². The van der Waals surface area contributed by atoms with Crippen LogP contribution in [0.25, 0.3) is 0 Å². The second-order valence-electron chi connectivity index (χ2n) is 4.31. The number of phenolic OH excluding ortho intramolecular Hbond substituents is 1. The Bertz CT molecular complexity index is 585. The first-order valence-corrected chi connectivity index (χ1v) is 7.01. The summed E-state index contributed by atoms with van der Waals surface area (Å²) in [4.78, 5) is 11.7. The van der Waals surface area contributed by atoms with E-state index in [1.54, 1.807) is 12.1 Å². The Balaban J connectivity index is 1.76. The van der Waals surface area contributed by atoms with E-state index in [0.29, 0.717) is 12.2 Å². The smallest absolute Gasteiger partial charge is 0.319 e. The molecule has 0 heterocycles. The summed E-state index contributed by atoms with van der Waals surface area (Å²) >= 11 is 3.41. The Kier molecular flexibility index (Phi) is 5.01. The average Bonchev–Trinajstić information content (AvgIpc) is 2.41. The molecule has 4 nitrogen and oxygen atoms in total. The van der Waals surface area contributed by atoms with Crippen LogP contribution in [0, 0.1) is 0 Å². The molecule has 0 fully saturated rings. The summed E-state index contributed by atoms with van der Waals surface area (Å²) in [6.45, 7) is 0.556.